The standard InChI is InChI=1S/C12H14N4O2/c1-2-5-11-12(16(17)18)9-15(14-11)8-10-6-3-4-7-13-10/h3-4,6-7,9H,2,5,8H2,1H3. The molecule has 0 aliphatic heterocycles. The van der Waals surface area contributed by atoms with Crippen molar-refractivity contribution >= 4 is 5.69 Å². The van der Waals surface area contributed by atoms with E-state index in [1.54, 1.807) is 10.9 Å². The highest BCUT2D eigenvalue weighted by molar-refractivity contribution is 5.32. The maximum atomic E-state index is 10.9. The lowest BCUT2D eigenvalue weighted by Gasteiger charge is -1.99. The molecule has 0 aromatic carbocycles. The van der Waals surface area contributed by atoms with E-state index in [1.807, 2.05) is 25.1 Å². The third-order valence-electron chi connectivity index (χ3n) is 2.55. The summed E-state index contributed by atoms with van der Waals surface area (Å²) in [6.07, 6.45) is 4.62. The Balaban J connectivity index is 2.24. The first-order valence-corrected chi connectivity index (χ1v) is 5.81. The number of rotatable bonds is 5. The molecule has 2 heterocycles. The Morgan fingerprint density at radius 3 is 2.89 bits per heavy atom. The largest absolute Gasteiger partial charge is 0.310 e. The zero-order valence-electron chi connectivity index (χ0n) is 10.1. The minimum atomic E-state index is -0.382. The van der Waals surface area contributed by atoms with Crippen LogP contribution in [0.4, 0.5) is 5.69 Å². The van der Waals surface area contributed by atoms with Gasteiger partial charge < -0.3 is 0 Å². The molecular weight excluding hydrogens is 232 g/mol. The summed E-state index contributed by atoms with van der Waals surface area (Å²) in [5.41, 5.74) is 1.46. The smallest absolute Gasteiger partial charge is 0.259 e. The van der Waals surface area contributed by atoms with Gasteiger partial charge in [0.15, 0.2) is 0 Å². The van der Waals surface area contributed by atoms with E-state index in [1.165, 1.54) is 6.20 Å². The fourth-order valence-electron chi connectivity index (χ4n) is 1.76. The molecule has 0 saturated heterocycles. The van der Waals surface area contributed by atoms with Gasteiger partial charge in [-0.05, 0) is 18.6 Å². The first-order chi connectivity index (χ1) is 8.70. The van der Waals surface area contributed by atoms with Crippen molar-refractivity contribution in [3.05, 3.63) is 52.1 Å². The highest BCUT2D eigenvalue weighted by Gasteiger charge is 2.18. The summed E-state index contributed by atoms with van der Waals surface area (Å²) >= 11 is 0. The summed E-state index contributed by atoms with van der Waals surface area (Å²) in [5, 5.41) is 15.2. The summed E-state index contributed by atoms with van der Waals surface area (Å²) in [5.74, 6) is 0. The van der Waals surface area contributed by atoms with Gasteiger partial charge >= 0.3 is 5.69 Å². The predicted octanol–water partition coefficient (Wildman–Crippen LogP) is 2.19. The Labute approximate surface area is 104 Å². The van der Waals surface area contributed by atoms with E-state index in [4.69, 9.17) is 0 Å². The molecule has 0 N–H and O–H groups in total. The summed E-state index contributed by atoms with van der Waals surface area (Å²) in [6.45, 7) is 2.42. The number of pyridine rings is 1. The summed E-state index contributed by atoms with van der Waals surface area (Å²) < 4.78 is 1.57. The van der Waals surface area contributed by atoms with Crippen LogP contribution < -0.4 is 0 Å². The average molecular weight is 246 g/mol. The van der Waals surface area contributed by atoms with E-state index in [0.717, 1.165) is 12.1 Å². The van der Waals surface area contributed by atoms with Crippen molar-refractivity contribution in [1.82, 2.24) is 14.8 Å². The van der Waals surface area contributed by atoms with E-state index in [-0.39, 0.29) is 10.6 Å². The lowest BCUT2D eigenvalue weighted by Crippen LogP contribution is -2.02. The molecule has 0 unspecified atom stereocenters. The molecule has 0 radical (unpaired) electrons. The molecule has 0 fully saturated rings. The minimum absolute atomic E-state index is 0.0905. The molecule has 6 heteroatoms. The van der Waals surface area contributed by atoms with E-state index in [2.05, 4.69) is 10.1 Å². The predicted molar refractivity (Wildman–Crippen MR) is 66.2 cm³/mol. The van der Waals surface area contributed by atoms with Gasteiger partial charge in [0.25, 0.3) is 0 Å². The maximum absolute atomic E-state index is 10.9. The zero-order chi connectivity index (χ0) is 13.0. The van der Waals surface area contributed by atoms with E-state index in [9.17, 15) is 10.1 Å². The Morgan fingerprint density at radius 2 is 2.28 bits per heavy atom. The maximum Gasteiger partial charge on any atom is 0.310 e. The average Bonchev–Trinajstić information content (AvgIpc) is 2.74. The topological polar surface area (TPSA) is 73.8 Å². The third-order valence-corrected chi connectivity index (χ3v) is 2.55. The molecule has 0 atom stereocenters. The second kappa shape index (κ2) is 5.39. The van der Waals surface area contributed by atoms with Crippen LogP contribution in [0, 0.1) is 10.1 Å². The second-order valence-electron chi connectivity index (χ2n) is 3.99. The summed E-state index contributed by atoms with van der Waals surface area (Å²) in [7, 11) is 0. The van der Waals surface area contributed by atoms with Crippen molar-refractivity contribution in [3.8, 4) is 0 Å². The number of hydrogen-bond acceptors (Lipinski definition) is 4. The van der Waals surface area contributed by atoms with Gasteiger partial charge in [-0.2, -0.15) is 5.10 Å². The van der Waals surface area contributed by atoms with Crippen LogP contribution in [0.1, 0.15) is 24.7 Å². The molecule has 18 heavy (non-hydrogen) atoms. The van der Waals surface area contributed by atoms with Crippen molar-refractivity contribution < 1.29 is 4.92 Å². The molecule has 94 valence electrons. The van der Waals surface area contributed by atoms with Gasteiger partial charge in [0.05, 0.1) is 17.2 Å². The van der Waals surface area contributed by atoms with Gasteiger partial charge in [-0.1, -0.05) is 19.4 Å². The normalized spacial score (nSPS) is 10.5. The van der Waals surface area contributed by atoms with Crippen LogP contribution in [0.2, 0.25) is 0 Å². The summed E-state index contributed by atoms with van der Waals surface area (Å²) in [4.78, 5) is 14.7. The number of nitrogens with zero attached hydrogens (tertiary/aromatic N) is 4. The number of nitro groups is 1. The molecule has 0 aliphatic rings. The lowest BCUT2D eigenvalue weighted by molar-refractivity contribution is -0.385. The number of hydrogen-bond donors (Lipinski definition) is 0. The summed E-state index contributed by atoms with van der Waals surface area (Å²) in [6, 6.07) is 5.58. The quantitative estimate of drug-likeness (QED) is 0.598. The van der Waals surface area contributed by atoms with Crippen LogP contribution in [0.15, 0.2) is 30.6 Å². The Bertz CT molecular complexity index is 536. The van der Waals surface area contributed by atoms with E-state index >= 15 is 0 Å². The highest BCUT2D eigenvalue weighted by atomic mass is 16.6. The molecule has 0 bridgehead atoms. The molecule has 0 saturated carbocycles. The van der Waals surface area contributed by atoms with Gasteiger partial charge in [-0.25, -0.2) is 0 Å². The van der Waals surface area contributed by atoms with E-state index < -0.39 is 0 Å². The first-order valence-electron chi connectivity index (χ1n) is 5.81. The Morgan fingerprint density at radius 1 is 1.44 bits per heavy atom. The molecular formula is C12H14N4O2. The van der Waals surface area contributed by atoms with Crippen molar-refractivity contribution in [2.45, 2.75) is 26.3 Å². The Kier molecular flexibility index (Phi) is 3.66. The third kappa shape index (κ3) is 2.71. The van der Waals surface area contributed by atoms with Gasteiger partial charge in [0.1, 0.15) is 11.9 Å². The van der Waals surface area contributed by atoms with Gasteiger partial charge in [0, 0.05) is 6.20 Å². The zero-order valence-corrected chi connectivity index (χ0v) is 10.1. The van der Waals surface area contributed by atoms with Crippen LogP contribution in [-0.2, 0) is 13.0 Å². The van der Waals surface area contributed by atoms with Crippen LogP contribution in [0.5, 0.6) is 0 Å². The van der Waals surface area contributed by atoms with Crippen molar-refractivity contribution in [2.75, 3.05) is 0 Å². The number of aromatic nitrogens is 3. The fourth-order valence-corrected chi connectivity index (χ4v) is 1.76. The lowest BCUT2D eigenvalue weighted by atomic mass is 10.2. The molecule has 0 aliphatic carbocycles. The van der Waals surface area contributed by atoms with E-state index in [0.29, 0.717) is 18.7 Å². The number of aryl methyl sites for hydroxylation is 1. The fraction of sp³-hybridized carbons (Fsp3) is 0.333. The molecule has 2 aromatic rings. The molecule has 0 amide bonds. The highest BCUT2D eigenvalue weighted by Crippen LogP contribution is 2.18. The first kappa shape index (κ1) is 12.2. The molecule has 2 rings (SSSR count). The van der Waals surface area contributed by atoms with Crippen molar-refractivity contribution in [2.24, 2.45) is 0 Å². The van der Waals surface area contributed by atoms with Crippen LogP contribution in [0.3, 0.4) is 0 Å². The Hall–Kier alpha value is -2.24. The van der Waals surface area contributed by atoms with Crippen molar-refractivity contribution in [3.63, 3.8) is 0 Å². The molecule has 2 aromatic heterocycles. The van der Waals surface area contributed by atoms with Crippen LogP contribution in [-0.4, -0.2) is 19.7 Å². The van der Waals surface area contributed by atoms with Gasteiger partial charge in [-0.3, -0.25) is 19.8 Å². The van der Waals surface area contributed by atoms with Crippen LogP contribution in [0.25, 0.3) is 0 Å². The second-order valence-corrected chi connectivity index (χ2v) is 3.99. The van der Waals surface area contributed by atoms with Gasteiger partial charge in [0.2, 0.25) is 0 Å². The van der Waals surface area contributed by atoms with Crippen molar-refractivity contribution in [1.29, 1.82) is 0 Å². The van der Waals surface area contributed by atoms with Gasteiger partial charge in [-0.15, -0.1) is 0 Å². The monoisotopic (exact) mass is 246 g/mol. The minimum Gasteiger partial charge on any atom is -0.259 e. The van der Waals surface area contributed by atoms with Crippen LogP contribution >= 0.6 is 0 Å². The molecule has 6 nitrogen and oxygen atoms in total. The SMILES string of the molecule is CCCc1nn(Cc2ccccn2)cc1[N+](=O)[O-]. The molecule has 0 spiro atoms.